The van der Waals surface area contributed by atoms with E-state index < -0.39 is 5.97 Å². The first-order chi connectivity index (χ1) is 15.5. The van der Waals surface area contributed by atoms with E-state index in [0.29, 0.717) is 17.9 Å². The molecule has 162 valence electrons. The maximum absolute atomic E-state index is 12.9. The topological polar surface area (TPSA) is 52.6 Å². The smallest absolute Gasteiger partial charge is 0.336 e. The van der Waals surface area contributed by atoms with Crippen LogP contribution in [0.5, 0.6) is 11.5 Å². The molecule has 0 radical (unpaired) electrons. The summed E-state index contributed by atoms with van der Waals surface area (Å²) in [4.78, 5) is 24.2. The maximum atomic E-state index is 12.9. The molecule has 0 unspecified atom stereocenters. The summed E-state index contributed by atoms with van der Waals surface area (Å²) in [6, 6.07) is 19.6. The van der Waals surface area contributed by atoms with Crippen LogP contribution in [0.1, 0.15) is 34.8 Å². The van der Waals surface area contributed by atoms with E-state index in [-0.39, 0.29) is 11.6 Å². The lowest BCUT2D eigenvalue weighted by Gasteiger charge is -2.04. The lowest BCUT2D eigenvalue weighted by Crippen LogP contribution is -2.03. The number of hydrogen-bond acceptors (Lipinski definition) is 4. The van der Waals surface area contributed by atoms with E-state index in [0.717, 1.165) is 23.3 Å². The van der Waals surface area contributed by atoms with Crippen LogP contribution < -0.4 is 9.47 Å². The van der Waals surface area contributed by atoms with Gasteiger partial charge in [-0.2, -0.15) is 0 Å². The molecule has 0 bridgehead atoms. The molecule has 3 aromatic rings. The van der Waals surface area contributed by atoms with Crippen molar-refractivity contribution >= 4 is 23.9 Å². The van der Waals surface area contributed by atoms with E-state index in [4.69, 9.17) is 9.47 Å². The minimum absolute atomic E-state index is 0.226. The number of esters is 1. The number of ether oxygens (including phenoxy) is 2. The van der Waals surface area contributed by atoms with Crippen molar-refractivity contribution in [1.29, 1.82) is 0 Å². The molecule has 5 heteroatoms. The minimum Gasteiger partial charge on any atom is -0.494 e. The molecular formula is C27H23FO4. The van der Waals surface area contributed by atoms with E-state index in [9.17, 15) is 14.0 Å². The van der Waals surface area contributed by atoms with E-state index in [1.165, 1.54) is 36.4 Å². The zero-order chi connectivity index (χ0) is 22.8. The van der Waals surface area contributed by atoms with Gasteiger partial charge in [0.25, 0.3) is 0 Å². The van der Waals surface area contributed by atoms with E-state index >= 15 is 0 Å². The molecule has 0 fully saturated rings. The average Bonchev–Trinajstić information content (AvgIpc) is 2.82. The second-order valence-corrected chi connectivity index (χ2v) is 6.95. The summed E-state index contributed by atoms with van der Waals surface area (Å²) in [5.74, 6) is 0.0761. The summed E-state index contributed by atoms with van der Waals surface area (Å²) in [7, 11) is 0. The van der Waals surface area contributed by atoms with Crippen LogP contribution in [-0.2, 0) is 4.79 Å². The molecule has 0 saturated carbocycles. The molecule has 0 aliphatic carbocycles. The number of carbonyl (C=O) groups excluding carboxylic acids is 2. The third-order valence-electron chi connectivity index (χ3n) is 4.42. The fourth-order valence-electron chi connectivity index (χ4n) is 2.74. The molecule has 0 aromatic heterocycles. The largest absolute Gasteiger partial charge is 0.494 e. The van der Waals surface area contributed by atoms with Gasteiger partial charge in [0.05, 0.1) is 6.61 Å². The molecular weight excluding hydrogens is 407 g/mol. The summed E-state index contributed by atoms with van der Waals surface area (Å²) in [6.45, 7) is 2.71. The number of halogens is 1. The first-order valence-electron chi connectivity index (χ1n) is 10.2. The van der Waals surface area contributed by atoms with Crippen LogP contribution in [0.4, 0.5) is 4.39 Å². The summed E-state index contributed by atoms with van der Waals surface area (Å²) in [6.07, 6.45) is 7.03. The van der Waals surface area contributed by atoms with Crippen LogP contribution in [-0.4, -0.2) is 18.4 Å². The fourth-order valence-corrected chi connectivity index (χ4v) is 2.74. The van der Waals surface area contributed by atoms with Crippen molar-refractivity contribution in [2.24, 2.45) is 0 Å². The van der Waals surface area contributed by atoms with Crippen LogP contribution in [0.15, 0.2) is 84.9 Å². The highest BCUT2D eigenvalue weighted by Crippen LogP contribution is 2.16. The highest BCUT2D eigenvalue weighted by atomic mass is 19.1. The Morgan fingerprint density at radius 3 is 1.94 bits per heavy atom. The van der Waals surface area contributed by atoms with Gasteiger partial charge in [0.2, 0.25) is 0 Å². The predicted octanol–water partition coefficient (Wildman–Crippen LogP) is 6.13. The van der Waals surface area contributed by atoms with Gasteiger partial charge in [0.1, 0.15) is 17.3 Å². The molecule has 3 aromatic carbocycles. The third kappa shape index (κ3) is 7.06. The highest BCUT2D eigenvalue weighted by Gasteiger charge is 2.03. The Morgan fingerprint density at radius 2 is 1.34 bits per heavy atom. The molecule has 32 heavy (non-hydrogen) atoms. The number of allylic oxidation sites excluding steroid dienone is 1. The quantitative estimate of drug-likeness (QED) is 0.177. The fraction of sp³-hybridized carbons (Fsp3) is 0.111. The van der Waals surface area contributed by atoms with E-state index in [1.54, 1.807) is 36.4 Å². The first-order valence-corrected chi connectivity index (χ1v) is 10.2. The Labute approximate surface area is 186 Å². The summed E-state index contributed by atoms with van der Waals surface area (Å²) < 4.78 is 23.8. The zero-order valence-electron chi connectivity index (χ0n) is 17.7. The Balaban J connectivity index is 1.52. The second-order valence-electron chi connectivity index (χ2n) is 6.95. The number of rotatable bonds is 9. The number of ketones is 1. The number of hydrogen-bond donors (Lipinski definition) is 0. The predicted molar refractivity (Wildman–Crippen MR) is 123 cm³/mol. The van der Waals surface area contributed by atoms with Crippen LogP contribution in [0.3, 0.4) is 0 Å². The van der Waals surface area contributed by atoms with Crippen molar-refractivity contribution in [3.63, 3.8) is 0 Å². The molecule has 0 atom stereocenters. The monoisotopic (exact) mass is 430 g/mol. The van der Waals surface area contributed by atoms with Crippen molar-refractivity contribution < 1.29 is 23.5 Å². The van der Waals surface area contributed by atoms with Crippen molar-refractivity contribution in [3.05, 3.63) is 107 Å². The van der Waals surface area contributed by atoms with Gasteiger partial charge >= 0.3 is 5.97 Å². The van der Waals surface area contributed by atoms with Gasteiger partial charge in [-0.05, 0) is 78.2 Å². The molecule has 0 saturated heterocycles. The van der Waals surface area contributed by atoms with Gasteiger partial charge in [-0.1, -0.05) is 37.3 Å². The normalized spacial score (nSPS) is 11.1. The lowest BCUT2D eigenvalue weighted by molar-refractivity contribution is -0.128. The Hall–Kier alpha value is -3.99. The molecule has 0 aliphatic heterocycles. The van der Waals surface area contributed by atoms with Crippen molar-refractivity contribution in [2.45, 2.75) is 13.3 Å². The zero-order valence-corrected chi connectivity index (χ0v) is 17.7. The summed E-state index contributed by atoms with van der Waals surface area (Å²) >= 11 is 0. The van der Waals surface area contributed by atoms with Gasteiger partial charge < -0.3 is 9.47 Å². The molecule has 3 rings (SSSR count). The maximum Gasteiger partial charge on any atom is 0.336 e. The van der Waals surface area contributed by atoms with Gasteiger partial charge in [0, 0.05) is 11.6 Å². The lowest BCUT2D eigenvalue weighted by atomic mass is 10.1. The van der Waals surface area contributed by atoms with E-state index in [2.05, 4.69) is 0 Å². The van der Waals surface area contributed by atoms with Gasteiger partial charge in [0.15, 0.2) is 5.78 Å². The molecule has 0 amide bonds. The summed E-state index contributed by atoms with van der Waals surface area (Å²) in [5.41, 5.74) is 2.03. The van der Waals surface area contributed by atoms with Crippen molar-refractivity contribution in [3.8, 4) is 11.5 Å². The average molecular weight is 430 g/mol. The van der Waals surface area contributed by atoms with E-state index in [1.807, 2.05) is 31.2 Å². The van der Waals surface area contributed by atoms with Crippen LogP contribution in [0.25, 0.3) is 12.2 Å². The van der Waals surface area contributed by atoms with Crippen molar-refractivity contribution in [1.82, 2.24) is 0 Å². The Morgan fingerprint density at radius 1 is 0.781 bits per heavy atom. The molecule has 0 aliphatic rings. The highest BCUT2D eigenvalue weighted by molar-refractivity contribution is 6.06. The van der Waals surface area contributed by atoms with Gasteiger partial charge in [-0.15, -0.1) is 0 Å². The second kappa shape index (κ2) is 11.4. The number of benzene rings is 3. The third-order valence-corrected chi connectivity index (χ3v) is 4.42. The molecule has 0 heterocycles. The minimum atomic E-state index is -0.494. The van der Waals surface area contributed by atoms with Gasteiger partial charge in [-0.25, -0.2) is 9.18 Å². The summed E-state index contributed by atoms with van der Waals surface area (Å²) in [5, 5.41) is 0. The SMILES string of the molecule is CCCOc1ccc(/C=C/C(=O)Oc2ccc(/C=C/C(=O)c3ccc(F)cc3)cc2)cc1. The number of carbonyl (C=O) groups is 2. The van der Waals surface area contributed by atoms with Crippen LogP contribution in [0.2, 0.25) is 0 Å². The molecule has 4 nitrogen and oxygen atoms in total. The Bertz CT molecular complexity index is 1100. The van der Waals surface area contributed by atoms with Crippen molar-refractivity contribution in [2.75, 3.05) is 6.61 Å². The van der Waals surface area contributed by atoms with Gasteiger partial charge in [-0.3, -0.25) is 4.79 Å². The van der Waals surface area contributed by atoms with Crippen LogP contribution in [0, 0.1) is 5.82 Å². The Kier molecular flexibility index (Phi) is 8.09. The standard InChI is InChI=1S/C27H23FO4/c1-2-19-31-24-13-3-21(4-14-24)8-18-27(30)32-25-15-5-20(6-16-25)7-17-26(29)22-9-11-23(28)12-10-22/h3-18H,2,19H2,1H3/b17-7+,18-8+. The first kappa shape index (κ1) is 22.7. The molecule has 0 N–H and O–H groups in total. The molecule has 0 spiro atoms. The van der Waals surface area contributed by atoms with Crippen LogP contribution >= 0.6 is 0 Å².